The minimum Gasteiger partial charge on any atom is -0.481 e. The molecule has 224 valence electrons. The molecule has 0 amide bonds. The van der Waals surface area contributed by atoms with E-state index in [-0.39, 0.29) is 28.6 Å². The Kier molecular flexibility index (Phi) is 7.61. The van der Waals surface area contributed by atoms with E-state index in [4.69, 9.17) is 19.3 Å². The average molecular weight is 567 g/mol. The molecule has 1 heterocycles. The molecule has 40 heavy (non-hydrogen) atoms. The first-order valence-electron chi connectivity index (χ1n) is 14.4. The molecule has 7 unspecified atom stereocenters. The summed E-state index contributed by atoms with van der Waals surface area (Å²) in [6.07, 6.45) is -2.65. The van der Waals surface area contributed by atoms with Crippen LogP contribution in [0.3, 0.4) is 0 Å². The highest BCUT2D eigenvalue weighted by atomic mass is 16.7. The molecule has 2 bridgehead atoms. The number of carboxylic acid groups (broad SMARTS) is 1. The van der Waals surface area contributed by atoms with Crippen molar-refractivity contribution in [2.75, 3.05) is 6.61 Å². The van der Waals surface area contributed by atoms with Crippen molar-refractivity contribution in [2.45, 2.75) is 108 Å². The molecule has 4 aliphatic carbocycles. The lowest BCUT2D eigenvalue weighted by Crippen LogP contribution is -2.62. The first-order chi connectivity index (χ1) is 18.8. The van der Waals surface area contributed by atoms with Crippen molar-refractivity contribution in [2.24, 2.45) is 34.0 Å². The smallest absolute Gasteiger partial charge is 0.317 e. The van der Waals surface area contributed by atoms with Gasteiger partial charge in [-0.2, -0.15) is 0 Å². The van der Waals surface area contributed by atoms with Crippen molar-refractivity contribution < 1.29 is 54.1 Å². The Morgan fingerprint density at radius 2 is 1.70 bits per heavy atom. The van der Waals surface area contributed by atoms with Gasteiger partial charge in [0.25, 0.3) is 0 Å². The Morgan fingerprint density at radius 1 is 0.975 bits per heavy atom. The van der Waals surface area contributed by atoms with Crippen LogP contribution in [-0.4, -0.2) is 86.9 Å². The predicted molar refractivity (Wildman–Crippen MR) is 137 cm³/mol. The van der Waals surface area contributed by atoms with Crippen molar-refractivity contribution in [1.82, 2.24) is 0 Å². The van der Waals surface area contributed by atoms with E-state index in [1.807, 2.05) is 6.92 Å². The monoisotopic (exact) mass is 566 g/mol. The fourth-order valence-electron chi connectivity index (χ4n) is 9.47. The zero-order valence-corrected chi connectivity index (χ0v) is 23.2. The number of esters is 2. The van der Waals surface area contributed by atoms with Crippen molar-refractivity contribution >= 4 is 17.9 Å². The number of hydrogen-bond donors (Lipinski definition) is 5. The van der Waals surface area contributed by atoms with E-state index in [1.54, 1.807) is 0 Å². The van der Waals surface area contributed by atoms with Crippen molar-refractivity contribution in [1.29, 1.82) is 0 Å². The zero-order chi connectivity index (χ0) is 29.2. The highest BCUT2D eigenvalue weighted by Gasteiger charge is 2.69. The molecule has 1 saturated heterocycles. The number of rotatable bonds is 6. The number of aliphatic hydroxyl groups excluding tert-OH is 4. The summed E-state index contributed by atoms with van der Waals surface area (Å²) in [6, 6.07) is 0. The van der Waals surface area contributed by atoms with E-state index < -0.39 is 73.2 Å². The van der Waals surface area contributed by atoms with Crippen LogP contribution < -0.4 is 0 Å². The highest BCUT2D eigenvalue weighted by molar-refractivity contribution is 5.90. The van der Waals surface area contributed by atoms with Gasteiger partial charge in [0.2, 0.25) is 6.29 Å². The van der Waals surface area contributed by atoms with Gasteiger partial charge >= 0.3 is 17.9 Å². The third-order valence-corrected chi connectivity index (χ3v) is 11.3. The summed E-state index contributed by atoms with van der Waals surface area (Å²) in [7, 11) is 0. The molecule has 0 aromatic heterocycles. The third kappa shape index (κ3) is 4.40. The van der Waals surface area contributed by atoms with Gasteiger partial charge in [0, 0.05) is 5.41 Å². The number of carbonyl (C=O) groups is 3. The van der Waals surface area contributed by atoms with Crippen LogP contribution in [0.1, 0.15) is 71.6 Å². The number of carbonyl (C=O) groups excluding carboxylic acids is 2. The maximum absolute atomic E-state index is 13.8. The summed E-state index contributed by atoms with van der Waals surface area (Å²) in [5, 5.41) is 49.4. The van der Waals surface area contributed by atoms with Crippen LogP contribution >= 0.6 is 0 Å². The summed E-state index contributed by atoms with van der Waals surface area (Å²) in [5.74, 6) is -2.30. The lowest BCUT2D eigenvalue weighted by atomic mass is 9.40. The minimum atomic E-state index is -1.67. The van der Waals surface area contributed by atoms with Crippen LogP contribution in [0.25, 0.3) is 0 Å². The number of aliphatic carboxylic acids is 1. The summed E-state index contributed by atoms with van der Waals surface area (Å²) in [4.78, 5) is 37.5. The standard InChI is InChI=1S/C29H42O11/c1-14-15-5-6-18-27(2)8-4-9-28(3,26(37)40-25-23(36)22(35)21(34)16(13-30)38-25)17(27)7-10-29(18,12-15)24(14)39-20(33)11-19(31)32/h15-18,21-25,30,34-36H,1,4-13H2,2-3H3,(H,31,32)/t15?,16-,17?,18?,21-,22+,23-,24?,25+,27?,28?,29?/m1/s1. The van der Waals surface area contributed by atoms with Gasteiger partial charge in [-0.15, -0.1) is 0 Å². The van der Waals surface area contributed by atoms with Crippen molar-refractivity contribution in [3.05, 3.63) is 12.2 Å². The van der Waals surface area contributed by atoms with E-state index in [2.05, 4.69) is 13.5 Å². The molecule has 0 radical (unpaired) electrons. The van der Waals surface area contributed by atoms with E-state index in [0.717, 1.165) is 37.7 Å². The van der Waals surface area contributed by atoms with Crippen LogP contribution in [0.15, 0.2) is 12.2 Å². The number of fused-ring (bicyclic) bond motifs is 3. The van der Waals surface area contributed by atoms with E-state index in [0.29, 0.717) is 19.3 Å². The van der Waals surface area contributed by atoms with E-state index in [9.17, 15) is 34.8 Å². The quantitative estimate of drug-likeness (QED) is 0.178. The van der Waals surface area contributed by atoms with Gasteiger partial charge in [-0.1, -0.05) is 19.9 Å². The molecule has 11 heteroatoms. The molecular weight excluding hydrogens is 524 g/mol. The van der Waals surface area contributed by atoms with Crippen LogP contribution in [-0.2, 0) is 28.6 Å². The molecule has 1 spiro atoms. The Bertz CT molecular complexity index is 1060. The molecule has 12 atom stereocenters. The Morgan fingerprint density at radius 3 is 2.38 bits per heavy atom. The number of carboxylic acids is 1. The molecule has 4 saturated carbocycles. The number of ether oxygens (including phenoxy) is 3. The molecule has 5 aliphatic rings. The number of aliphatic hydroxyl groups is 4. The molecule has 5 rings (SSSR count). The predicted octanol–water partition coefficient (Wildman–Crippen LogP) is 1.29. The molecule has 0 aromatic carbocycles. The fraction of sp³-hybridized carbons (Fsp3) is 0.828. The van der Waals surface area contributed by atoms with Gasteiger partial charge in [-0.3, -0.25) is 14.4 Å². The summed E-state index contributed by atoms with van der Waals surface area (Å²) < 4.78 is 17.0. The van der Waals surface area contributed by atoms with Crippen LogP contribution in [0.2, 0.25) is 0 Å². The summed E-state index contributed by atoms with van der Waals surface area (Å²) >= 11 is 0. The third-order valence-electron chi connectivity index (χ3n) is 11.3. The minimum absolute atomic E-state index is 0.0810. The molecule has 5 N–H and O–H groups in total. The largest absolute Gasteiger partial charge is 0.481 e. The molecule has 1 aliphatic heterocycles. The molecule has 0 aromatic rings. The zero-order valence-electron chi connectivity index (χ0n) is 23.2. The Balaban J connectivity index is 1.40. The lowest BCUT2D eigenvalue weighted by Gasteiger charge is -2.64. The van der Waals surface area contributed by atoms with E-state index >= 15 is 0 Å². The maximum atomic E-state index is 13.8. The summed E-state index contributed by atoms with van der Waals surface area (Å²) in [5.41, 5.74) is -0.718. The Labute approximate surface area is 233 Å². The van der Waals surface area contributed by atoms with Crippen molar-refractivity contribution in [3.8, 4) is 0 Å². The Hall–Kier alpha value is -2.05. The highest BCUT2D eigenvalue weighted by Crippen LogP contribution is 2.72. The van der Waals surface area contributed by atoms with Gasteiger partial charge in [-0.05, 0) is 80.6 Å². The maximum Gasteiger partial charge on any atom is 0.317 e. The molecule has 5 fully saturated rings. The average Bonchev–Trinajstić information content (AvgIpc) is 3.08. The second kappa shape index (κ2) is 10.3. The lowest BCUT2D eigenvalue weighted by molar-refractivity contribution is -0.298. The fourth-order valence-corrected chi connectivity index (χ4v) is 9.47. The van der Waals surface area contributed by atoms with Crippen LogP contribution in [0, 0.1) is 34.0 Å². The van der Waals surface area contributed by atoms with E-state index in [1.165, 1.54) is 0 Å². The van der Waals surface area contributed by atoms with Gasteiger partial charge < -0.3 is 39.7 Å². The summed E-state index contributed by atoms with van der Waals surface area (Å²) in [6.45, 7) is 7.75. The second-order valence-corrected chi connectivity index (χ2v) is 13.3. The van der Waals surface area contributed by atoms with Gasteiger partial charge in [0.15, 0.2) is 0 Å². The normalized spacial score (nSPS) is 48.0. The number of hydrogen-bond acceptors (Lipinski definition) is 10. The first-order valence-corrected chi connectivity index (χ1v) is 14.4. The topological polar surface area (TPSA) is 180 Å². The van der Waals surface area contributed by atoms with Crippen molar-refractivity contribution in [3.63, 3.8) is 0 Å². The van der Waals surface area contributed by atoms with Gasteiger partial charge in [0.1, 0.15) is 36.9 Å². The van der Waals surface area contributed by atoms with Gasteiger partial charge in [0.05, 0.1) is 12.0 Å². The molecular formula is C29H42O11. The van der Waals surface area contributed by atoms with Crippen LogP contribution in [0.4, 0.5) is 0 Å². The second-order valence-electron chi connectivity index (χ2n) is 13.3. The molecule has 11 nitrogen and oxygen atoms in total. The first kappa shape index (κ1) is 29.4. The van der Waals surface area contributed by atoms with Crippen LogP contribution in [0.5, 0.6) is 0 Å². The SMILES string of the molecule is C=C1C2CCC3C4(C)CCCC(C)(C(=O)O[C@@H]5O[C@H](CO)[C@@H](O)[C@H](O)[C@H]5O)C4CCC3(C2)C1OC(=O)CC(=O)O. The van der Waals surface area contributed by atoms with Gasteiger partial charge in [-0.25, -0.2) is 0 Å².